The molecule has 0 atom stereocenters. The van der Waals surface area contributed by atoms with Crippen molar-refractivity contribution in [1.29, 1.82) is 0 Å². The fraction of sp³-hybridized carbons (Fsp3) is 0.333. The zero-order valence-electron chi connectivity index (χ0n) is 15.4. The van der Waals surface area contributed by atoms with Crippen LogP contribution < -0.4 is 26.1 Å². The first-order chi connectivity index (χ1) is 12.9. The van der Waals surface area contributed by atoms with Crippen LogP contribution in [0.25, 0.3) is 0 Å². The SMILES string of the molecule is CCCOc1ccc(/C=N\NC(=O)Cc2c(C)[nH]c(=O)[nH]c2=O)cc1OC. The molecule has 0 aliphatic rings. The summed E-state index contributed by atoms with van der Waals surface area (Å²) in [4.78, 5) is 39.4. The largest absolute Gasteiger partial charge is 0.493 e. The number of aryl methyl sites for hydroxylation is 1. The predicted octanol–water partition coefficient (Wildman–Crippen LogP) is 0.862. The zero-order chi connectivity index (χ0) is 19.8. The average molecular weight is 374 g/mol. The molecule has 0 bridgehead atoms. The van der Waals surface area contributed by atoms with Gasteiger partial charge < -0.3 is 14.5 Å². The van der Waals surface area contributed by atoms with Gasteiger partial charge in [-0.3, -0.25) is 14.6 Å². The maximum absolute atomic E-state index is 12.0. The first-order valence-corrected chi connectivity index (χ1v) is 8.39. The monoisotopic (exact) mass is 374 g/mol. The van der Waals surface area contributed by atoms with Crippen LogP contribution in [0.1, 0.15) is 30.2 Å². The number of H-pyrrole nitrogens is 2. The van der Waals surface area contributed by atoms with Gasteiger partial charge in [-0.05, 0) is 37.1 Å². The van der Waals surface area contributed by atoms with Crippen LogP contribution in [0, 0.1) is 6.92 Å². The zero-order valence-corrected chi connectivity index (χ0v) is 15.4. The number of methoxy groups -OCH3 is 1. The van der Waals surface area contributed by atoms with E-state index in [1.165, 1.54) is 6.21 Å². The number of hydrogen-bond donors (Lipinski definition) is 3. The van der Waals surface area contributed by atoms with Crippen LogP contribution in [-0.4, -0.2) is 35.8 Å². The molecule has 9 heteroatoms. The lowest BCUT2D eigenvalue weighted by molar-refractivity contribution is -0.120. The molecule has 2 aromatic rings. The topological polar surface area (TPSA) is 126 Å². The summed E-state index contributed by atoms with van der Waals surface area (Å²) in [6.07, 6.45) is 2.13. The van der Waals surface area contributed by atoms with Gasteiger partial charge in [-0.1, -0.05) is 6.92 Å². The molecule has 0 unspecified atom stereocenters. The number of nitrogens with zero attached hydrogens (tertiary/aromatic N) is 1. The Kier molecular flexibility index (Phi) is 6.93. The van der Waals surface area contributed by atoms with E-state index in [0.29, 0.717) is 29.4 Å². The molecule has 0 fully saturated rings. The Morgan fingerprint density at radius 1 is 1.26 bits per heavy atom. The fourth-order valence-corrected chi connectivity index (χ4v) is 2.31. The van der Waals surface area contributed by atoms with Crippen molar-refractivity contribution in [3.63, 3.8) is 0 Å². The molecular formula is C18H22N4O5. The third kappa shape index (κ3) is 5.56. The third-order valence-electron chi connectivity index (χ3n) is 3.64. The molecule has 9 nitrogen and oxygen atoms in total. The van der Waals surface area contributed by atoms with E-state index < -0.39 is 17.2 Å². The lowest BCUT2D eigenvalue weighted by Gasteiger charge is -2.10. The Balaban J connectivity index is 2.02. The Bertz CT molecular complexity index is 945. The van der Waals surface area contributed by atoms with Crippen LogP contribution >= 0.6 is 0 Å². The van der Waals surface area contributed by atoms with Gasteiger partial charge in [-0.15, -0.1) is 0 Å². The van der Waals surface area contributed by atoms with E-state index in [4.69, 9.17) is 9.47 Å². The number of carbonyl (C=O) groups is 1. The van der Waals surface area contributed by atoms with E-state index in [0.717, 1.165) is 6.42 Å². The van der Waals surface area contributed by atoms with Crippen LogP contribution in [0.2, 0.25) is 0 Å². The molecule has 0 saturated heterocycles. The summed E-state index contributed by atoms with van der Waals surface area (Å²) < 4.78 is 10.9. The lowest BCUT2D eigenvalue weighted by atomic mass is 10.1. The van der Waals surface area contributed by atoms with Crippen LogP contribution in [0.5, 0.6) is 11.5 Å². The highest BCUT2D eigenvalue weighted by molar-refractivity contribution is 5.84. The van der Waals surface area contributed by atoms with Crippen molar-refractivity contribution in [2.45, 2.75) is 26.7 Å². The highest BCUT2D eigenvalue weighted by atomic mass is 16.5. The van der Waals surface area contributed by atoms with E-state index in [1.807, 2.05) is 6.92 Å². The van der Waals surface area contributed by atoms with Gasteiger partial charge in [0, 0.05) is 11.3 Å². The van der Waals surface area contributed by atoms with Crippen molar-refractivity contribution in [2.24, 2.45) is 5.10 Å². The van der Waals surface area contributed by atoms with Gasteiger partial charge in [0.15, 0.2) is 11.5 Å². The van der Waals surface area contributed by atoms with Gasteiger partial charge in [-0.2, -0.15) is 5.10 Å². The molecule has 1 aromatic heterocycles. The van der Waals surface area contributed by atoms with Gasteiger partial charge in [0.2, 0.25) is 5.91 Å². The van der Waals surface area contributed by atoms with Crippen molar-refractivity contribution in [1.82, 2.24) is 15.4 Å². The minimum Gasteiger partial charge on any atom is -0.493 e. The number of hydrazone groups is 1. The van der Waals surface area contributed by atoms with E-state index in [-0.39, 0.29) is 12.0 Å². The molecule has 144 valence electrons. The highest BCUT2D eigenvalue weighted by Crippen LogP contribution is 2.27. The molecule has 3 N–H and O–H groups in total. The maximum Gasteiger partial charge on any atom is 0.325 e. The van der Waals surface area contributed by atoms with Crippen molar-refractivity contribution in [3.05, 3.63) is 55.9 Å². The summed E-state index contributed by atoms with van der Waals surface area (Å²) in [5.74, 6) is 0.712. The Morgan fingerprint density at radius 3 is 2.70 bits per heavy atom. The van der Waals surface area contributed by atoms with E-state index in [9.17, 15) is 14.4 Å². The van der Waals surface area contributed by atoms with Gasteiger partial charge in [0.05, 0.1) is 26.4 Å². The number of carbonyl (C=O) groups excluding carboxylic acids is 1. The highest BCUT2D eigenvalue weighted by Gasteiger charge is 2.10. The normalized spacial score (nSPS) is 10.8. The van der Waals surface area contributed by atoms with Crippen molar-refractivity contribution in [2.75, 3.05) is 13.7 Å². The molecule has 0 radical (unpaired) electrons. The molecular weight excluding hydrogens is 352 g/mol. The van der Waals surface area contributed by atoms with E-state index in [1.54, 1.807) is 32.2 Å². The Morgan fingerprint density at radius 2 is 2.04 bits per heavy atom. The van der Waals surface area contributed by atoms with Crippen molar-refractivity contribution >= 4 is 12.1 Å². The number of ether oxygens (including phenoxy) is 2. The summed E-state index contributed by atoms with van der Waals surface area (Å²) in [5.41, 5.74) is 2.37. The molecule has 0 aliphatic heterocycles. The van der Waals surface area contributed by atoms with Crippen molar-refractivity contribution in [3.8, 4) is 11.5 Å². The summed E-state index contributed by atoms with van der Waals surface area (Å²) in [5, 5.41) is 3.88. The molecule has 1 amide bonds. The third-order valence-corrected chi connectivity index (χ3v) is 3.64. The van der Waals surface area contributed by atoms with E-state index in [2.05, 4.69) is 20.5 Å². The number of amides is 1. The van der Waals surface area contributed by atoms with Crippen LogP contribution in [0.3, 0.4) is 0 Å². The van der Waals surface area contributed by atoms with Crippen LogP contribution in [-0.2, 0) is 11.2 Å². The number of benzene rings is 1. The Labute approximate surface area is 155 Å². The summed E-state index contributed by atoms with van der Waals surface area (Å²) in [6.45, 7) is 4.15. The average Bonchev–Trinajstić information content (AvgIpc) is 2.63. The second kappa shape index (κ2) is 9.37. The second-order valence-corrected chi connectivity index (χ2v) is 5.74. The Hall–Kier alpha value is -3.36. The van der Waals surface area contributed by atoms with Crippen molar-refractivity contribution < 1.29 is 14.3 Å². The van der Waals surface area contributed by atoms with E-state index >= 15 is 0 Å². The van der Waals surface area contributed by atoms with Gasteiger partial charge in [-0.25, -0.2) is 10.2 Å². The summed E-state index contributed by atoms with van der Waals surface area (Å²) in [6, 6.07) is 5.28. The molecule has 1 aromatic carbocycles. The predicted molar refractivity (Wildman–Crippen MR) is 101 cm³/mol. The summed E-state index contributed by atoms with van der Waals surface area (Å²) in [7, 11) is 1.54. The molecule has 1 heterocycles. The lowest BCUT2D eigenvalue weighted by Crippen LogP contribution is -2.30. The first-order valence-electron chi connectivity index (χ1n) is 8.39. The molecule has 0 spiro atoms. The van der Waals surface area contributed by atoms with Gasteiger partial charge >= 0.3 is 5.69 Å². The number of nitrogens with one attached hydrogen (secondary N) is 3. The summed E-state index contributed by atoms with van der Waals surface area (Å²) >= 11 is 0. The standard InChI is InChI=1S/C18H22N4O5/c1-4-7-27-14-6-5-12(8-15(14)26-3)10-19-22-16(23)9-13-11(2)20-18(25)21-17(13)24/h5-6,8,10H,4,7,9H2,1-3H3,(H,22,23)(H2,20,21,24,25)/b19-10-. The smallest absolute Gasteiger partial charge is 0.325 e. The molecule has 0 aliphatic carbocycles. The number of aromatic nitrogens is 2. The number of rotatable bonds is 8. The number of aromatic amines is 2. The molecule has 2 rings (SSSR count). The quantitative estimate of drug-likeness (QED) is 0.467. The molecule has 27 heavy (non-hydrogen) atoms. The van der Waals surface area contributed by atoms with Crippen LogP contribution in [0.15, 0.2) is 32.9 Å². The maximum atomic E-state index is 12.0. The minimum atomic E-state index is -0.611. The van der Waals surface area contributed by atoms with Gasteiger partial charge in [0.25, 0.3) is 5.56 Å². The molecule has 0 saturated carbocycles. The fourth-order valence-electron chi connectivity index (χ4n) is 2.31. The minimum absolute atomic E-state index is 0.182. The number of hydrogen-bond acceptors (Lipinski definition) is 6. The second-order valence-electron chi connectivity index (χ2n) is 5.74. The first kappa shape index (κ1) is 20.0. The van der Waals surface area contributed by atoms with Gasteiger partial charge in [0.1, 0.15) is 0 Å². The van der Waals surface area contributed by atoms with Crippen LogP contribution in [0.4, 0.5) is 0 Å².